The highest BCUT2D eigenvalue weighted by atomic mass is 16.2. The quantitative estimate of drug-likeness (QED) is 0.376. The standard InChI is InChI=1S/C9H15N3O3/c1-3-10-5-4-6-12-8(14)7(13)11(2)9(12)15/h10H,3-6H2,1-2H3. The molecule has 0 spiro atoms. The largest absolute Gasteiger partial charge is 0.333 e. The molecular weight excluding hydrogens is 198 g/mol. The number of nitrogens with zero attached hydrogens (tertiary/aromatic N) is 2. The second-order valence-electron chi connectivity index (χ2n) is 3.31. The van der Waals surface area contributed by atoms with Crippen LogP contribution in [0.3, 0.4) is 0 Å². The molecule has 84 valence electrons. The first kappa shape index (κ1) is 11.6. The summed E-state index contributed by atoms with van der Waals surface area (Å²) in [6.45, 7) is 3.84. The lowest BCUT2D eigenvalue weighted by Gasteiger charge is -2.12. The topological polar surface area (TPSA) is 69.7 Å². The molecule has 1 N–H and O–H groups in total. The molecule has 0 atom stereocenters. The van der Waals surface area contributed by atoms with Gasteiger partial charge in [-0.25, -0.2) is 4.79 Å². The number of hydrogen-bond acceptors (Lipinski definition) is 4. The fourth-order valence-electron chi connectivity index (χ4n) is 1.35. The number of urea groups is 1. The summed E-state index contributed by atoms with van der Waals surface area (Å²) in [5.41, 5.74) is 0. The molecular formula is C9H15N3O3. The van der Waals surface area contributed by atoms with E-state index in [0.29, 0.717) is 13.0 Å². The summed E-state index contributed by atoms with van der Waals surface area (Å²) in [5, 5.41) is 3.08. The van der Waals surface area contributed by atoms with E-state index >= 15 is 0 Å². The summed E-state index contributed by atoms with van der Waals surface area (Å²) >= 11 is 0. The van der Waals surface area contributed by atoms with E-state index < -0.39 is 17.8 Å². The minimum Gasteiger partial charge on any atom is -0.317 e. The van der Waals surface area contributed by atoms with Gasteiger partial charge in [-0.15, -0.1) is 0 Å². The number of hydrogen-bond donors (Lipinski definition) is 1. The third-order valence-corrected chi connectivity index (χ3v) is 2.24. The van der Waals surface area contributed by atoms with Gasteiger partial charge in [-0.05, 0) is 19.5 Å². The Kier molecular flexibility index (Phi) is 3.79. The van der Waals surface area contributed by atoms with Crippen LogP contribution in [0.5, 0.6) is 0 Å². The second kappa shape index (κ2) is 4.88. The average molecular weight is 213 g/mol. The van der Waals surface area contributed by atoms with Gasteiger partial charge < -0.3 is 5.32 Å². The maximum Gasteiger partial charge on any atom is 0.333 e. The number of carbonyl (C=O) groups is 3. The van der Waals surface area contributed by atoms with E-state index in [2.05, 4.69) is 5.32 Å². The zero-order valence-corrected chi connectivity index (χ0v) is 8.95. The van der Waals surface area contributed by atoms with Crippen molar-refractivity contribution in [1.29, 1.82) is 0 Å². The molecule has 0 aliphatic carbocycles. The number of rotatable bonds is 5. The van der Waals surface area contributed by atoms with Crippen LogP contribution < -0.4 is 5.32 Å². The van der Waals surface area contributed by atoms with Crippen LogP contribution in [-0.4, -0.2) is 54.3 Å². The van der Waals surface area contributed by atoms with Crippen LogP contribution in [-0.2, 0) is 9.59 Å². The Labute approximate surface area is 88.2 Å². The van der Waals surface area contributed by atoms with Gasteiger partial charge in [0.25, 0.3) is 0 Å². The third kappa shape index (κ3) is 2.33. The van der Waals surface area contributed by atoms with Crippen LogP contribution in [0, 0.1) is 0 Å². The van der Waals surface area contributed by atoms with E-state index in [4.69, 9.17) is 0 Å². The molecule has 1 fully saturated rings. The molecule has 15 heavy (non-hydrogen) atoms. The van der Waals surface area contributed by atoms with Gasteiger partial charge in [0.1, 0.15) is 0 Å². The monoisotopic (exact) mass is 213 g/mol. The summed E-state index contributed by atoms with van der Waals surface area (Å²) in [6, 6.07) is -0.526. The molecule has 0 unspecified atom stereocenters. The first-order chi connectivity index (χ1) is 7.09. The maximum atomic E-state index is 11.4. The minimum atomic E-state index is -0.747. The number of carbonyl (C=O) groups excluding carboxylic acids is 3. The van der Waals surface area contributed by atoms with Gasteiger partial charge in [-0.3, -0.25) is 19.4 Å². The lowest BCUT2D eigenvalue weighted by molar-refractivity contribution is -0.142. The highest BCUT2D eigenvalue weighted by Crippen LogP contribution is 2.09. The van der Waals surface area contributed by atoms with Gasteiger partial charge in [0, 0.05) is 13.6 Å². The first-order valence-electron chi connectivity index (χ1n) is 4.93. The number of imide groups is 2. The van der Waals surface area contributed by atoms with Gasteiger partial charge in [-0.2, -0.15) is 0 Å². The van der Waals surface area contributed by atoms with Crippen molar-refractivity contribution < 1.29 is 14.4 Å². The summed E-state index contributed by atoms with van der Waals surface area (Å²) in [5.74, 6) is -1.47. The Morgan fingerprint density at radius 2 is 1.87 bits per heavy atom. The van der Waals surface area contributed by atoms with Crippen molar-refractivity contribution in [2.75, 3.05) is 26.7 Å². The fraction of sp³-hybridized carbons (Fsp3) is 0.667. The number of nitrogens with one attached hydrogen (secondary N) is 1. The lowest BCUT2D eigenvalue weighted by Crippen LogP contribution is -2.33. The number of likely N-dealkylation sites (N-methyl/N-ethyl adjacent to an activating group) is 1. The zero-order chi connectivity index (χ0) is 11.4. The van der Waals surface area contributed by atoms with E-state index in [1.54, 1.807) is 0 Å². The van der Waals surface area contributed by atoms with Crippen molar-refractivity contribution in [1.82, 2.24) is 15.1 Å². The van der Waals surface area contributed by atoms with Crippen LogP contribution in [0.4, 0.5) is 4.79 Å². The molecule has 1 heterocycles. The van der Waals surface area contributed by atoms with E-state index in [9.17, 15) is 14.4 Å². The molecule has 1 rings (SSSR count). The van der Waals surface area contributed by atoms with Gasteiger partial charge >= 0.3 is 17.8 Å². The maximum absolute atomic E-state index is 11.4. The summed E-state index contributed by atoms with van der Waals surface area (Å²) in [4.78, 5) is 35.6. The van der Waals surface area contributed by atoms with Gasteiger partial charge in [0.05, 0.1) is 0 Å². The Balaban J connectivity index is 2.45. The lowest BCUT2D eigenvalue weighted by atomic mass is 10.4. The van der Waals surface area contributed by atoms with Crippen LogP contribution >= 0.6 is 0 Å². The van der Waals surface area contributed by atoms with Crippen LogP contribution in [0.1, 0.15) is 13.3 Å². The molecule has 0 saturated carbocycles. The first-order valence-corrected chi connectivity index (χ1v) is 4.93. The predicted octanol–water partition coefficient (Wildman–Crippen LogP) is -0.593. The third-order valence-electron chi connectivity index (χ3n) is 2.24. The fourth-order valence-corrected chi connectivity index (χ4v) is 1.35. The van der Waals surface area contributed by atoms with Gasteiger partial charge in [-0.1, -0.05) is 6.92 Å². The molecule has 0 aromatic heterocycles. The van der Waals surface area contributed by atoms with E-state index in [1.807, 2.05) is 6.92 Å². The zero-order valence-electron chi connectivity index (χ0n) is 8.95. The molecule has 0 aromatic rings. The molecule has 6 heteroatoms. The average Bonchev–Trinajstić information content (AvgIpc) is 2.41. The SMILES string of the molecule is CCNCCCN1C(=O)C(=O)N(C)C1=O. The Morgan fingerprint density at radius 1 is 1.20 bits per heavy atom. The molecule has 0 bridgehead atoms. The molecule has 1 saturated heterocycles. The molecule has 1 aliphatic rings. The minimum absolute atomic E-state index is 0.292. The van der Waals surface area contributed by atoms with Crippen molar-refractivity contribution >= 4 is 17.8 Å². The summed E-state index contributed by atoms with van der Waals surface area (Å²) in [6.07, 6.45) is 0.659. The Hall–Kier alpha value is -1.43. The van der Waals surface area contributed by atoms with Crippen LogP contribution in [0.25, 0.3) is 0 Å². The van der Waals surface area contributed by atoms with Crippen molar-refractivity contribution in [3.05, 3.63) is 0 Å². The normalized spacial score (nSPS) is 16.8. The van der Waals surface area contributed by atoms with Crippen LogP contribution in [0.2, 0.25) is 0 Å². The molecule has 0 radical (unpaired) electrons. The Morgan fingerprint density at radius 3 is 2.33 bits per heavy atom. The summed E-state index contributed by atoms with van der Waals surface area (Å²) in [7, 11) is 1.31. The van der Waals surface area contributed by atoms with Crippen molar-refractivity contribution in [2.45, 2.75) is 13.3 Å². The highest BCUT2D eigenvalue weighted by molar-refractivity contribution is 6.44. The van der Waals surface area contributed by atoms with Crippen molar-refractivity contribution in [3.63, 3.8) is 0 Å². The molecule has 4 amide bonds. The van der Waals surface area contributed by atoms with E-state index in [-0.39, 0.29) is 0 Å². The van der Waals surface area contributed by atoms with Crippen LogP contribution in [0.15, 0.2) is 0 Å². The van der Waals surface area contributed by atoms with E-state index in [0.717, 1.165) is 22.9 Å². The van der Waals surface area contributed by atoms with Gasteiger partial charge in [0.2, 0.25) is 0 Å². The van der Waals surface area contributed by atoms with E-state index in [1.165, 1.54) is 7.05 Å². The molecule has 6 nitrogen and oxygen atoms in total. The number of amides is 4. The highest BCUT2D eigenvalue weighted by Gasteiger charge is 2.41. The van der Waals surface area contributed by atoms with Crippen molar-refractivity contribution in [2.24, 2.45) is 0 Å². The van der Waals surface area contributed by atoms with Crippen molar-refractivity contribution in [3.8, 4) is 0 Å². The predicted molar refractivity (Wildman–Crippen MR) is 53.0 cm³/mol. The molecule has 1 aliphatic heterocycles. The molecule has 0 aromatic carbocycles. The smallest absolute Gasteiger partial charge is 0.317 e. The summed E-state index contributed by atoms with van der Waals surface area (Å²) < 4.78 is 0. The van der Waals surface area contributed by atoms with Gasteiger partial charge in [0.15, 0.2) is 0 Å². The second-order valence-corrected chi connectivity index (χ2v) is 3.31. The Bertz CT molecular complexity index is 290.